The zero-order chi connectivity index (χ0) is 21.8. The molecule has 1 atom stereocenters. The van der Waals surface area contributed by atoms with E-state index in [1.165, 1.54) is 4.90 Å². The van der Waals surface area contributed by atoms with Crippen molar-refractivity contribution in [1.29, 1.82) is 0 Å². The number of carbonyl (C=O) groups is 2. The van der Waals surface area contributed by atoms with E-state index in [1.54, 1.807) is 7.05 Å². The summed E-state index contributed by atoms with van der Waals surface area (Å²) in [6.45, 7) is 0.339. The maximum absolute atomic E-state index is 13.1. The molecule has 3 aromatic rings. The SMILES string of the molecule is CN1C(=O)C(NC(=O)NCc2ccc(Br)cc2)N=C(c2ccccc2)c2ccccc21. The van der Waals surface area contributed by atoms with Gasteiger partial charge in [-0.05, 0) is 23.8 Å². The second kappa shape index (κ2) is 9.14. The highest BCUT2D eigenvalue weighted by Gasteiger charge is 2.30. The molecule has 0 radical (unpaired) electrons. The number of fused-ring (bicyclic) bond motifs is 1. The van der Waals surface area contributed by atoms with Crippen LogP contribution < -0.4 is 15.5 Å². The van der Waals surface area contributed by atoms with Gasteiger partial charge in [-0.2, -0.15) is 0 Å². The summed E-state index contributed by atoms with van der Waals surface area (Å²) < 4.78 is 0.968. The molecule has 0 aliphatic carbocycles. The number of rotatable bonds is 4. The molecular formula is C24H21BrN4O2. The van der Waals surface area contributed by atoms with Gasteiger partial charge in [0.15, 0.2) is 0 Å². The van der Waals surface area contributed by atoms with Crippen LogP contribution in [0, 0.1) is 0 Å². The van der Waals surface area contributed by atoms with E-state index in [-0.39, 0.29) is 5.91 Å². The molecule has 3 amide bonds. The minimum Gasteiger partial charge on any atom is -0.334 e. The highest BCUT2D eigenvalue weighted by Crippen LogP contribution is 2.27. The molecule has 1 heterocycles. The maximum atomic E-state index is 13.1. The lowest BCUT2D eigenvalue weighted by atomic mass is 10.0. The summed E-state index contributed by atoms with van der Waals surface area (Å²) in [6, 6.07) is 24.4. The fourth-order valence-corrected chi connectivity index (χ4v) is 3.67. The molecule has 0 aromatic heterocycles. The number of hydrogen-bond acceptors (Lipinski definition) is 3. The summed E-state index contributed by atoms with van der Waals surface area (Å²) in [6.07, 6.45) is -1.04. The van der Waals surface area contributed by atoms with Crippen molar-refractivity contribution >= 4 is 39.3 Å². The number of halogens is 1. The fraction of sp³-hybridized carbons (Fsp3) is 0.125. The van der Waals surface area contributed by atoms with Crippen molar-refractivity contribution in [3.63, 3.8) is 0 Å². The summed E-state index contributed by atoms with van der Waals surface area (Å²) in [4.78, 5) is 31.9. The van der Waals surface area contributed by atoms with Gasteiger partial charge in [-0.3, -0.25) is 4.79 Å². The van der Waals surface area contributed by atoms with E-state index in [1.807, 2.05) is 78.9 Å². The first-order valence-corrected chi connectivity index (χ1v) is 10.6. The van der Waals surface area contributed by atoms with Gasteiger partial charge < -0.3 is 15.5 Å². The highest BCUT2D eigenvalue weighted by molar-refractivity contribution is 9.10. The normalized spacial score (nSPS) is 15.5. The standard InChI is InChI=1S/C24H21BrN4O2/c1-29-20-10-6-5-9-19(20)21(17-7-3-2-4-8-17)27-22(23(29)30)28-24(31)26-15-16-11-13-18(25)14-12-16/h2-14,22H,15H2,1H3,(H2,26,28,31). The zero-order valence-electron chi connectivity index (χ0n) is 16.9. The molecule has 0 spiro atoms. The molecule has 156 valence electrons. The van der Waals surface area contributed by atoms with Crippen molar-refractivity contribution in [2.45, 2.75) is 12.7 Å². The zero-order valence-corrected chi connectivity index (χ0v) is 18.5. The molecule has 0 saturated carbocycles. The topological polar surface area (TPSA) is 73.8 Å². The summed E-state index contributed by atoms with van der Waals surface area (Å²) >= 11 is 3.39. The second-order valence-corrected chi connectivity index (χ2v) is 8.03. The molecule has 0 fully saturated rings. The van der Waals surface area contributed by atoms with Crippen LogP contribution in [-0.2, 0) is 11.3 Å². The van der Waals surface area contributed by atoms with Crippen LogP contribution in [0.15, 0.2) is 88.3 Å². The molecule has 0 saturated heterocycles. The third kappa shape index (κ3) is 4.67. The molecule has 1 aliphatic rings. The van der Waals surface area contributed by atoms with Crippen LogP contribution in [0.1, 0.15) is 16.7 Å². The lowest BCUT2D eigenvalue weighted by Crippen LogP contribution is -2.49. The molecule has 3 aromatic carbocycles. The molecule has 7 heteroatoms. The maximum Gasteiger partial charge on any atom is 0.317 e. The third-order valence-corrected chi connectivity index (χ3v) is 5.55. The van der Waals surface area contributed by atoms with Crippen LogP contribution >= 0.6 is 15.9 Å². The monoisotopic (exact) mass is 476 g/mol. The van der Waals surface area contributed by atoms with E-state index in [2.05, 4.69) is 31.6 Å². The quantitative estimate of drug-likeness (QED) is 0.594. The number of carbonyl (C=O) groups excluding carboxylic acids is 2. The Labute approximate surface area is 189 Å². The summed E-state index contributed by atoms with van der Waals surface area (Å²) in [5.41, 5.74) is 4.06. The average molecular weight is 477 g/mol. The van der Waals surface area contributed by atoms with Crippen LogP contribution in [-0.4, -0.2) is 30.9 Å². The van der Waals surface area contributed by atoms with Gasteiger partial charge in [0.05, 0.1) is 11.4 Å². The Bertz CT molecular complexity index is 1130. The number of amides is 3. The lowest BCUT2D eigenvalue weighted by Gasteiger charge is -2.21. The van der Waals surface area contributed by atoms with Gasteiger partial charge in [-0.15, -0.1) is 0 Å². The second-order valence-electron chi connectivity index (χ2n) is 7.11. The minimum atomic E-state index is -1.04. The van der Waals surface area contributed by atoms with Gasteiger partial charge in [-0.25, -0.2) is 9.79 Å². The van der Waals surface area contributed by atoms with Gasteiger partial charge in [0, 0.05) is 29.2 Å². The van der Waals surface area contributed by atoms with Gasteiger partial charge in [0.2, 0.25) is 6.17 Å². The van der Waals surface area contributed by atoms with E-state index in [0.29, 0.717) is 12.3 Å². The van der Waals surface area contributed by atoms with Gasteiger partial charge in [0.25, 0.3) is 5.91 Å². The van der Waals surface area contributed by atoms with Crippen molar-refractivity contribution < 1.29 is 9.59 Å². The Morgan fingerprint density at radius 3 is 2.42 bits per heavy atom. The van der Waals surface area contributed by atoms with E-state index in [9.17, 15) is 9.59 Å². The molecular weight excluding hydrogens is 456 g/mol. The number of aliphatic imine (C=N–C) groups is 1. The first-order valence-electron chi connectivity index (χ1n) is 9.82. The molecule has 1 aliphatic heterocycles. The molecule has 6 nitrogen and oxygen atoms in total. The number of anilines is 1. The number of urea groups is 1. The first kappa shape index (κ1) is 20.8. The molecule has 1 unspecified atom stereocenters. The van der Waals surface area contributed by atoms with Crippen LogP contribution in [0.3, 0.4) is 0 Å². The fourth-order valence-electron chi connectivity index (χ4n) is 3.40. The number of benzodiazepines with no additional fused rings is 1. The Balaban J connectivity index is 1.60. The Morgan fingerprint density at radius 2 is 1.68 bits per heavy atom. The van der Waals surface area contributed by atoms with E-state index < -0.39 is 12.2 Å². The predicted octanol–water partition coefficient (Wildman–Crippen LogP) is 4.09. The van der Waals surface area contributed by atoms with E-state index in [4.69, 9.17) is 0 Å². The summed E-state index contributed by atoms with van der Waals surface area (Å²) in [7, 11) is 1.69. The smallest absolute Gasteiger partial charge is 0.317 e. The lowest BCUT2D eigenvalue weighted by molar-refractivity contribution is -0.119. The number of hydrogen-bond donors (Lipinski definition) is 2. The highest BCUT2D eigenvalue weighted by atomic mass is 79.9. The van der Waals surface area contributed by atoms with Crippen molar-refractivity contribution in [2.75, 3.05) is 11.9 Å². The van der Waals surface area contributed by atoms with Gasteiger partial charge in [-0.1, -0.05) is 76.6 Å². The van der Waals surface area contributed by atoms with Crippen molar-refractivity contribution in [3.8, 4) is 0 Å². The molecule has 0 bridgehead atoms. The van der Waals surface area contributed by atoms with E-state index >= 15 is 0 Å². The first-order chi connectivity index (χ1) is 15.0. The van der Waals surface area contributed by atoms with Crippen LogP contribution in [0.2, 0.25) is 0 Å². The van der Waals surface area contributed by atoms with Gasteiger partial charge in [0.1, 0.15) is 0 Å². The molecule has 2 N–H and O–H groups in total. The summed E-state index contributed by atoms with van der Waals surface area (Å²) in [5.74, 6) is -0.308. The Hall–Kier alpha value is -3.45. The van der Waals surface area contributed by atoms with Gasteiger partial charge >= 0.3 is 6.03 Å². The Morgan fingerprint density at radius 1 is 1.00 bits per heavy atom. The number of benzene rings is 3. The minimum absolute atomic E-state index is 0.308. The van der Waals surface area contributed by atoms with Crippen molar-refractivity contribution in [1.82, 2.24) is 10.6 Å². The van der Waals surface area contributed by atoms with Crippen LogP contribution in [0.4, 0.5) is 10.5 Å². The summed E-state index contributed by atoms with van der Waals surface area (Å²) in [5, 5.41) is 5.51. The largest absolute Gasteiger partial charge is 0.334 e. The number of likely N-dealkylation sites (N-methyl/N-ethyl adjacent to an activating group) is 1. The van der Waals surface area contributed by atoms with Crippen LogP contribution in [0.25, 0.3) is 0 Å². The van der Waals surface area contributed by atoms with Crippen molar-refractivity contribution in [3.05, 3.63) is 100 Å². The Kier molecular flexibility index (Phi) is 6.13. The van der Waals surface area contributed by atoms with Crippen LogP contribution in [0.5, 0.6) is 0 Å². The number of nitrogens with one attached hydrogen (secondary N) is 2. The third-order valence-electron chi connectivity index (χ3n) is 5.02. The average Bonchev–Trinajstić information content (AvgIpc) is 2.90. The molecule has 31 heavy (non-hydrogen) atoms. The van der Waals surface area contributed by atoms with Crippen molar-refractivity contribution in [2.24, 2.45) is 4.99 Å². The molecule has 4 rings (SSSR count). The number of nitrogens with zero attached hydrogens (tertiary/aromatic N) is 2. The van der Waals surface area contributed by atoms with E-state index in [0.717, 1.165) is 26.9 Å². The number of para-hydroxylation sites is 1. The predicted molar refractivity (Wildman–Crippen MR) is 125 cm³/mol.